The van der Waals surface area contributed by atoms with Crippen molar-refractivity contribution in [3.8, 4) is 16.9 Å². The van der Waals surface area contributed by atoms with E-state index in [0.717, 1.165) is 11.3 Å². The summed E-state index contributed by atoms with van der Waals surface area (Å²) in [5.41, 5.74) is 2.91. The molecule has 1 N–H and O–H groups in total. The minimum Gasteiger partial charge on any atom is -0.411 e. The molecule has 0 fully saturated rings. The van der Waals surface area contributed by atoms with Crippen LogP contribution in [0.15, 0.2) is 65.9 Å². The minimum atomic E-state index is -0.307. The van der Waals surface area contributed by atoms with Crippen molar-refractivity contribution in [2.75, 3.05) is 0 Å². The van der Waals surface area contributed by atoms with Gasteiger partial charge in [-0.05, 0) is 36.4 Å². The minimum absolute atomic E-state index is 0.307. The number of para-hydroxylation sites is 1. The van der Waals surface area contributed by atoms with E-state index < -0.39 is 0 Å². The monoisotopic (exact) mass is 281 g/mol. The van der Waals surface area contributed by atoms with Crippen LogP contribution < -0.4 is 0 Å². The van der Waals surface area contributed by atoms with Gasteiger partial charge in [0.15, 0.2) is 0 Å². The Balaban J connectivity index is 2.11. The topological polar surface area (TPSA) is 50.4 Å². The van der Waals surface area contributed by atoms with E-state index in [1.165, 1.54) is 18.3 Å². The summed E-state index contributed by atoms with van der Waals surface area (Å²) in [6.07, 6.45) is 3.07. The lowest BCUT2D eigenvalue weighted by molar-refractivity contribution is 0.322. The molecule has 1 aromatic heterocycles. The van der Waals surface area contributed by atoms with E-state index in [9.17, 15) is 4.39 Å². The number of oxime groups is 1. The van der Waals surface area contributed by atoms with Crippen molar-refractivity contribution in [1.82, 2.24) is 9.78 Å². The summed E-state index contributed by atoms with van der Waals surface area (Å²) in [6.45, 7) is 0. The van der Waals surface area contributed by atoms with E-state index >= 15 is 0 Å². The molecule has 0 saturated carbocycles. The molecule has 0 aliphatic heterocycles. The largest absolute Gasteiger partial charge is 0.411 e. The smallest absolute Gasteiger partial charge is 0.123 e. The molecule has 0 unspecified atom stereocenters. The number of halogens is 1. The Labute approximate surface area is 120 Å². The van der Waals surface area contributed by atoms with Crippen molar-refractivity contribution < 1.29 is 9.60 Å². The summed E-state index contributed by atoms with van der Waals surface area (Å²) in [6, 6.07) is 15.6. The maximum absolute atomic E-state index is 13.0. The Hall–Kier alpha value is -2.95. The third kappa shape index (κ3) is 2.67. The Kier molecular flexibility index (Phi) is 3.47. The molecule has 0 saturated heterocycles. The molecule has 0 aliphatic carbocycles. The lowest BCUT2D eigenvalue weighted by Gasteiger charge is -2.00. The zero-order valence-electron chi connectivity index (χ0n) is 11.0. The maximum atomic E-state index is 13.0. The van der Waals surface area contributed by atoms with Crippen LogP contribution in [0.5, 0.6) is 0 Å². The first-order chi connectivity index (χ1) is 10.3. The van der Waals surface area contributed by atoms with Crippen LogP contribution in [-0.2, 0) is 0 Å². The summed E-state index contributed by atoms with van der Waals surface area (Å²) in [7, 11) is 0. The van der Waals surface area contributed by atoms with Gasteiger partial charge in [-0.2, -0.15) is 5.10 Å². The normalized spacial score (nSPS) is 11.1. The Morgan fingerprint density at radius 1 is 1.05 bits per heavy atom. The lowest BCUT2D eigenvalue weighted by Crippen LogP contribution is -1.94. The maximum Gasteiger partial charge on any atom is 0.123 e. The van der Waals surface area contributed by atoms with Gasteiger partial charge in [-0.3, -0.25) is 0 Å². The second-order valence-electron chi connectivity index (χ2n) is 4.46. The second kappa shape index (κ2) is 5.58. The van der Waals surface area contributed by atoms with Gasteiger partial charge >= 0.3 is 0 Å². The van der Waals surface area contributed by atoms with Gasteiger partial charge in [0.1, 0.15) is 11.5 Å². The highest BCUT2D eigenvalue weighted by Gasteiger charge is 2.11. The molecular weight excluding hydrogens is 269 g/mol. The number of benzene rings is 2. The Morgan fingerprint density at radius 2 is 1.76 bits per heavy atom. The molecule has 104 valence electrons. The van der Waals surface area contributed by atoms with Crippen LogP contribution in [0.3, 0.4) is 0 Å². The molecule has 0 bridgehead atoms. The van der Waals surface area contributed by atoms with Gasteiger partial charge in [0.05, 0.1) is 11.9 Å². The van der Waals surface area contributed by atoms with E-state index in [0.29, 0.717) is 11.3 Å². The zero-order valence-corrected chi connectivity index (χ0v) is 11.0. The molecule has 0 aliphatic rings. The number of nitrogens with zero attached hydrogens (tertiary/aromatic N) is 3. The Bertz CT molecular complexity index is 764. The quantitative estimate of drug-likeness (QED) is 0.454. The molecule has 0 amide bonds. The number of hydrogen-bond donors (Lipinski definition) is 1. The predicted octanol–water partition coefficient (Wildman–Crippen LogP) is 3.49. The molecule has 0 radical (unpaired) electrons. The molecule has 21 heavy (non-hydrogen) atoms. The fourth-order valence-corrected chi connectivity index (χ4v) is 2.09. The molecule has 0 spiro atoms. The highest BCUT2D eigenvalue weighted by molar-refractivity contribution is 5.88. The first kappa shape index (κ1) is 13.1. The van der Waals surface area contributed by atoms with Gasteiger partial charge in [-0.15, -0.1) is 0 Å². The van der Waals surface area contributed by atoms with Gasteiger partial charge in [-0.1, -0.05) is 23.4 Å². The van der Waals surface area contributed by atoms with Gasteiger partial charge in [-0.25, -0.2) is 9.07 Å². The third-order valence-electron chi connectivity index (χ3n) is 3.08. The van der Waals surface area contributed by atoms with Gasteiger partial charge in [0.2, 0.25) is 0 Å². The number of aromatic nitrogens is 2. The van der Waals surface area contributed by atoms with E-state index in [2.05, 4.69) is 10.3 Å². The van der Waals surface area contributed by atoms with Gasteiger partial charge in [0.25, 0.3) is 0 Å². The standard InChI is InChI=1S/C16H12FN3O/c17-14-8-6-12(7-9-14)16-13(10-18-21)11-20(19-16)15-4-2-1-3-5-15/h1-11,21H/b18-10+. The van der Waals surface area contributed by atoms with Crippen LogP contribution in [0, 0.1) is 5.82 Å². The fourth-order valence-electron chi connectivity index (χ4n) is 2.09. The summed E-state index contributed by atoms with van der Waals surface area (Å²) in [5.74, 6) is -0.307. The predicted molar refractivity (Wildman–Crippen MR) is 78.3 cm³/mol. The van der Waals surface area contributed by atoms with Crippen LogP contribution in [0.1, 0.15) is 5.56 Å². The summed E-state index contributed by atoms with van der Waals surface area (Å²) in [4.78, 5) is 0. The summed E-state index contributed by atoms with van der Waals surface area (Å²) < 4.78 is 14.7. The van der Waals surface area contributed by atoms with Crippen molar-refractivity contribution >= 4 is 6.21 Å². The molecule has 3 aromatic rings. The lowest BCUT2D eigenvalue weighted by atomic mass is 10.1. The number of rotatable bonds is 3. The van der Waals surface area contributed by atoms with Crippen molar-refractivity contribution in [3.63, 3.8) is 0 Å². The Morgan fingerprint density at radius 3 is 2.43 bits per heavy atom. The van der Waals surface area contributed by atoms with Crippen LogP contribution in [0.4, 0.5) is 4.39 Å². The van der Waals surface area contributed by atoms with Crippen LogP contribution >= 0.6 is 0 Å². The van der Waals surface area contributed by atoms with Crippen LogP contribution in [0.25, 0.3) is 16.9 Å². The van der Waals surface area contributed by atoms with Crippen molar-refractivity contribution in [3.05, 3.63) is 72.2 Å². The fraction of sp³-hybridized carbons (Fsp3) is 0. The molecule has 5 heteroatoms. The molecule has 0 atom stereocenters. The van der Waals surface area contributed by atoms with Crippen LogP contribution in [0.2, 0.25) is 0 Å². The van der Waals surface area contributed by atoms with E-state index in [4.69, 9.17) is 5.21 Å². The number of hydrogen-bond acceptors (Lipinski definition) is 3. The average molecular weight is 281 g/mol. The second-order valence-corrected chi connectivity index (χ2v) is 4.46. The van der Waals surface area contributed by atoms with Gasteiger partial charge in [0, 0.05) is 17.3 Å². The summed E-state index contributed by atoms with van der Waals surface area (Å²) >= 11 is 0. The first-order valence-corrected chi connectivity index (χ1v) is 6.36. The van der Waals surface area contributed by atoms with Crippen molar-refractivity contribution in [2.24, 2.45) is 5.16 Å². The van der Waals surface area contributed by atoms with Gasteiger partial charge < -0.3 is 5.21 Å². The van der Waals surface area contributed by atoms with Crippen molar-refractivity contribution in [1.29, 1.82) is 0 Å². The summed E-state index contributed by atoms with van der Waals surface area (Å²) in [5, 5.41) is 16.3. The molecular formula is C16H12FN3O. The van der Waals surface area contributed by atoms with E-state index in [1.807, 2.05) is 30.3 Å². The van der Waals surface area contributed by atoms with Crippen LogP contribution in [-0.4, -0.2) is 21.2 Å². The van der Waals surface area contributed by atoms with E-state index in [-0.39, 0.29) is 5.82 Å². The third-order valence-corrected chi connectivity index (χ3v) is 3.08. The molecule has 1 heterocycles. The molecule has 3 rings (SSSR count). The van der Waals surface area contributed by atoms with Crippen molar-refractivity contribution in [2.45, 2.75) is 0 Å². The zero-order chi connectivity index (χ0) is 14.7. The SMILES string of the molecule is O/N=C/c1cn(-c2ccccc2)nc1-c1ccc(F)cc1. The molecule has 2 aromatic carbocycles. The highest BCUT2D eigenvalue weighted by atomic mass is 19.1. The average Bonchev–Trinajstić information content (AvgIpc) is 2.93. The molecule has 4 nitrogen and oxygen atoms in total. The first-order valence-electron chi connectivity index (χ1n) is 6.36. The van der Waals surface area contributed by atoms with E-state index in [1.54, 1.807) is 23.0 Å². The highest BCUT2D eigenvalue weighted by Crippen LogP contribution is 2.23.